The molecule has 0 bridgehead atoms. The van der Waals surface area contributed by atoms with E-state index in [1.165, 1.54) is 12.1 Å². The number of hydrogen-bond acceptors (Lipinski definition) is 7. The second-order valence-corrected chi connectivity index (χ2v) is 7.28. The SMILES string of the molecule is Cc1cc(F)cc(Nc2cc(NC(C)(C)C)nc(-c3nccc(N)n3)n2)c1. The number of nitrogens with one attached hydrogen (secondary N) is 2. The lowest BCUT2D eigenvalue weighted by Crippen LogP contribution is -2.27. The van der Waals surface area contributed by atoms with Gasteiger partial charge in [-0.05, 0) is 57.5 Å². The van der Waals surface area contributed by atoms with Gasteiger partial charge in [-0.3, -0.25) is 0 Å². The van der Waals surface area contributed by atoms with Gasteiger partial charge in [-0.2, -0.15) is 0 Å². The summed E-state index contributed by atoms with van der Waals surface area (Å²) >= 11 is 0. The number of nitrogen functional groups attached to an aromatic ring is 1. The molecule has 3 aromatic rings. The van der Waals surface area contributed by atoms with Gasteiger partial charge in [-0.1, -0.05) is 0 Å². The van der Waals surface area contributed by atoms with Gasteiger partial charge in [0.25, 0.3) is 0 Å². The second kappa shape index (κ2) is 7.14. The number of halogens is 1. The molecule has 8 heteroatoms. The summed E-state index contributed by atoms with van der Waals surface area (Å²) in [6.07, 6.45) is 1.55. The van der Waals surface area contributed by atoms with Crippen LogP contribution in [-0.4, -0.2) is 25.5 Å². The summed E-state index contributed by atoms with van der Waals surface area (Å²) < 4.78 is 13.7. The summed E-state index contributed by atoms with van der Waals surface area (Å²) in [5.74, 6) is 1.71. The van der Waals surface area contributed by atoms with Crippen LogP contribution >= 0.6 is 0 Å². The Balaban J connectivity index is 2.03. The maximum atomic E-state index is 13.7. The summed E-state index contributed by atoms with van der Waals surface area (Å²) in [5.41, 5.74) is 6.93. The van der Waals surface area contributed by atoms with Gasteiger partial charge in [-0.15, -0.1) is 0 Å². The van der Waals surface area contributed by atoms with Crippen LogP contribution in [0.15, 0.2) is 36.5 Å². The van der Waals surface area contributed by atoms with Crippen molar-refractivity contribution in [3.63, 3.8) is 0 Å². The number of hydrogen-bond donors (Lipinski definition) is 3. The topological polar surface area (TPSA) is 102 Å². The molecule has 0 fully saturated rings. The molecule has 0 amide bonds. The zero-order valence-corrected chi connectivity index (χ0v) is 15.7. The Morgan fingerprint density at radius 3 is 2.37 bits per heavy atom. The molecule has 0 spiro atoms. The van der Waals surface area contributed by atoms with Crippen molar-refractivity contribution in [2.75, 3.05) is 16.4 Å². The zero-order chi connectivity index (χ0) is 19.6. The normalized spacial score (nSPS) is 11.3. The fraction of sp³-hybridized carbons (Fsp3) is 0.263. The monoisotopic (exact) mass is 367 g/mol. The third-order valence-electron chi connectivity index (χ3n) is 3.42. The van der Waals surface area contributed by atoms with E-state index in [9.17, 15) is 4.39 Å². The third-order valence-corrected chi connectivity index (χ3v) is 3.42. The first-order chi connectivity index (χ1) is 12.7. The fourth-order valence-electron chi connectivity index (χ4n) is 2.50. The summed E-state index contributed by atoms with van der Waals surface area (Å²) in [5, 5.41) is 6.42. The van der Waals surface area contributed by atoms with Crippen LogP contribution in [0.25, 0.3) is 11.6 Å². The van der Waals surface area contributed by atoms with Crippen LogP contribution in [-0.2, 0) is 0 Å². The van der Waals surface area contributed by atoms with Crippen molar-refractivity contribution in [2.24, 2.45) is 0 Å². The predicted octanol–water partition coefficient (Wildman–Crippen LogP) is 3.92. The molecule has 27 heavy (non-hydrogen) atoms. The van der Waals surface area contributed by atoms with Gasteiger partial charge in [0.05, 0.1) is 0 Å². The largest absolute Gasteiger partial charge is 0.384 e. The molecule has 0 aliphatic rings. The Morgan fingerprint density at radius 1 is 0.963 bits per heavy atom. The molecule has 2 heterocycles. The second-order valence-electron chi connectivity index (χ2n) is 7.28. The number of aromatic nitrogens is 4. The van der Waals surface area contributed by atoms with Crippen LogP contribution < -0.4 is 16.4 Å². The van der Waals surface area contributed by atoms with E-state index in [-0.39, 0.29) is 11.4 Å². The van der Waals surface area contributed by atoms with Crippen LogP contribution in [0, 0.1) is 12.7 Å². The molecule has 0 aliphatic carbocycles. The summed E-state index contributed by atoms with van der Waals surface area (Å²) in [4.78, 5) is 17.3. The van der Waals surface area contributed by atoms with Gasteiger partial charge < -0.3 is 16.4 Å². The molecular weight excluding hydrogens is 345 g/mol. The Hall–Kier alpha value is -3.29. The quantitative estimate of drug-likeness (QED) is 0.642. The van der Waals surface area contributed by atoms with Crippen molar-refractivity contribution >= 4 is 23.1 Å². The number of aryl methyl sites for hydroxylation is 1. The zero-order valence-electron chi connectivity index (χ0n) is 15.7. The fourth-order valence-corrected chi connectivity index (χ4v) is 2.50. The molecular formula is C19H22FN7. The van der Waals surface area contributed by atoms with Crippen LogP contribution in [0.2, 0.25) is 0 Å². The van der Waals surface area contributed by atoms with Crippen molar-refractivity contribution in [3.8, 4) is 11.6 Å². The predicted molar refractivity (Wildman–Crippen MR) is 105 cm³/mol. The van der Waals surface area contributed by atoms with Gasteiger partial charge in [-0.25, -0.2) is 24.3 Å². The minimum Gasteiger partial charge on any atom is -0.384 e. The van der Waals surface area contributed by atoms with E-state index in [0.29, 0.717) is 34.8 Å². The molecule has 4 N–H and O–H groups in total. The lowest BCUT2D eigenvalue weighted by molar-refractivity contribution is 0.627. The van der Waals surface area contributed by atoms with Crippen LogP contribution in [0.3, 0.4) is 0 Å². The maximum Gasteiger partial charge on any atom is 0.201 e. The summed E-state index contributed by atoms with van der Waals surface area (Å²) in [7, 11) is 0. The van der Waals surface area contributed by atoms with Crippen molar-refractivity contribution in [2.45, 2.75) is 33.2 Å². The lowest BCUT2D eigenvalue weighted by atomic mass is 10.1. The van der Waals surface area contributed by atoms with E-state index in [2.05, 4.69) is 30.6 Å². The number of benzene rings is 1. The van der Waals surface area contributed by atoms with Crippen molar-refractivity contribution in [1.29, 1.82) is 0 Å². The molecule has 0 saturated carbocycles. The van der Waals surface area contributed by atoms with Crippen LogP contribution in [0.1, 0.15) is 26.3 Å². The minimum atomic E-state index is -0.320. The first-order valence-corrected chi connectivity index (χ1v) is 8.48. The minimum absolute atomic E-state index is 0.213. The molecule has 3 rings (SSSR count). The smallest absolute Gasteiger partial charge is 0.201 e. The van der Waals surface area contributed by atoms with Gasteiger partial charge in [0.2, 0.25) is 5.82 Å². The van der Waals surface area contributed by atoms with E-state index in [4.69, 9.17) is 5.73 Å². The highest BCUT2D eigenvalue weighted by Crippen LogP contribution is 2.24. The Labute approximate surface area is 157 Å². The number of rotatable bonds is 4. The summed E-state index contributed by atoms with van der Waals surface area (Å²) in [6, 6.07) is 8.04. The van der Waals surface area contributed by atoms with Crippen molar-refractivity contribution in [1.82, 2.24) is 19.9 Å². The van der Waals surface area contributed by atoms with Crippen LogP contribution in [0.4, 0.5) is 27.5 Å². The van der Waals surface area contributed by atoms with Gasteiger partial charge in [0.15, 0.2) is 5.82 Å². The van der Waals surface area contributed by atoms with Crippen molar-refractivity contribution < 1.29 is 4.39 Å². The number of nitrogens with two attached hydrogens (primary N) is 1. The highest BCUT2D eigenvalue weighted by Gasteiger charge is 2.15. The maximum absolute atomic E-state index is 13.7. The standard InChI is InChI=1S/C19H22FN7/c1-11-7-12(20)9-13(8-11)23-15-10-16(27-19(2,3)4)26-18(25-15)17-22-6-5-14(21)24-17/h5-10H,1-4H3,(H2,21,22,24)(H2,23,25,26,27). The Bertz CT molecular complexity index is 946. The van der Waals surface area contributed by atoms with E-state index >= 15 is 0 Å². The van der Waals surface area contributed by atoms with Crippen molar-refractivity contribution in [3.05, 3.63) is 47.9 Å². The molecule has 0 radical (unpaired) electrons. The highest BCUT2D eigenvalue weighted by molar-refractivity contribution is 5.63. The molecule has 2 aromatic heterocycles. The van der Waals surface area contributed by atoms with E-state index in [1.807, 2.05) is 33.8 Å². The van der Waals surface area contributed by atoms with E-state index in [0.717, 1.165) is 5.56 Å². The summed E-state index contributed by atoms with van der Waals surface area (Å²) in [6.45, 7) is 7.89. The molecule has 7 nitrogen and oxygen atoms in total. The van der Waals surface area contributed by atoms with Crippen LogP contribution in [0.5, 0.6) is 0 Å². The molecule has 0 aliphatic heterocycles. The molecule has 140 valence electrons. The number of nitrogens with zero attached hydrogens (tertiary/aromatic N) is 4. The molecule has 0 saturated heterocycles. The highest BCUT2D eigenvalue weighted by atomic mass is 19.1. The molecule has 0 atom stereocenters. The third kappa shape index (κ3) is 5.10. The average Bonchev–Trinajstić information content (AvgIpc) is 2.52. The number of anilines is 4. The molecule has 0 unspecified atom stereocenters. The van der Waals surface area contributed by atoms with Gasteiger partial charge >= 0.3 is 0 Å². The van der Waals surface area contributed by atoms with Gasteiger partial charge in [0.1, 0.15) is 23.3 Å². The molecule has 1 aromatic carbocycles. The van der Waals surface area contributed by atoms with E-state index in [1.54, 1.807) is 18.3 Å². The van der Waals surface area contributed by atoms with Gasteiger partial charge in [0, 0.05) is 23.5 Å². The lowest BCUT2D eigenvalue weighted by Gasteiger charge is -2.22. The van der Waals surface area contributed by atoms with E-state index < -0.39 is 0 Å². The average molecular weight is 367 g/mol. The first-order valence-electron chi connectivity index (χ1n) is 8.48. The first kappa shape index (κ1) is 18.5. The Morgan fingerprint density at radius 2 is 1.70 bits per heavy atom. The Kier molecular flexibility index (Phi) is 4.89.